The third kappa shape index (κ3) is 3.79. The Morgan fingerprint density at radius 3 is 2.35 bits per heavy atom. The summed E-state index contributed by atoms with van der Waals surface area (Å²) in [5, 5.41) is 31.7. The van der Waals surface area contributed by atoms with E-state index in [1.54, 1.807) is 24.3 Å². The molecule has 1 aliphatic rings. The monoisotopic (exact) mass is 325 g/mol. The molecule has 1 fully saturated rings. The average molecular weight is 325 g/mol. The summed E-state index contributed by atoms with van der Waals surface area (Å²) in [5.74, 6) is -2.13. The lowest BCUT2D eigenvalue weighted by Crippen LogP contribution is -2.48. The molecule has 0 aromatic heterocycles. The normalized spacial score (nSPS) is 29.8. The van der Waals surface area contributed by atoms with E-state index in [0.717, 1.165) is 12.7 Å². The second-order valence-corrected chi connectivity index (χ2v) is 5.25. The van der Waals surface area contributed by atoms with Crippen molar-refractivity contribution in [1.82, 2.24) is 5.32 Å². The molecule has 8 nitrogen and oxygen atoms in total. The van der Waals surface area contributed by atoms with E-state index in [1.807, 2.05) is 6.07 Å². The number of hydrogen-bond donors (Lipinski definition) is 4. The molecule has 1 aromatic rings. The molecular formula is C15H19NO7. The third-order valence-electron chi connectivity index (χ3n) is 3.79. The van der Waals surface area contributed by atoms with Gasteiger partial charge in [-0.3, -0.25) is 4.79 Å². The lowest BCUT2D eigenvalue weighted by Gasteiger charge is -2.21. The van der Waals surface area contributed by atoms with Gasteiger partial charge in [-0.05, 0) is 5.56 Å². The van der Waals surface area contributed by atoms with Crippen LogP contribution >= 0.6 is 0 Å². The minimum atomic E-state index is -1.57. The van der Waals surface area contributed by atoms with E-state index in [-0.39, 0.29) is 6.61 Å². The first-order valence-corrected chi connectivity index (χ1v) is 7.05. The molecule has 0 bridgehead atoms. The smallest absolute Gasteiger partial charge is 0.407 e. The van der Waals surface area contributed by atoms with E-state index in [2.05, 4.69) is 10.1 Å². The highest BCUT2D eigenvalue weighted by Crippen LogP contribution is 2.28. The zero-order chi connectivity index (χ0) is 17.0. The fraction of sp³-hybridized carbons (Fsp3) is 0.467. The summed E-state index contributed by atoms with van der Waals surface area (Å²) < 4.78 is 9.52. The number of methoxy groups -OCH3 is 1. The van der Waals surface area contributed by atoms with Crippen LogP contribution in [-0.2, 0) is 20.9 Å². The Hall–Kier alpha value is -2.16. The summed E-state index contributed by atoms with van der Waals surface area (Å²) in [6.07, 6.45) is -5.51. The van der Waals surface area contributed by atoms with Gasteiger partial charge in [0.1, 0.15) is 24.7 Å². The van der Waals surface area contributed by atoms with Crippen LogP contribution in [-0.4, -0.2) is 58.8 Å². The molecule has 0 heterocycles. The van der Waals surface area contributed by atoms with Gasteiger partial charge in [0.05, 0.1) is 19.3 Å². The standard InChI is InChI=1S/C15H19NO7/c1-22-14(20)9-10(12(18)13(19)11(9)17)16-15(21)23-7-8-5-3-2-4-6-8/h2-6,9-13,17-19H,7H2,1H3,(H,16,21)/t9-,10-,11+,12+,13-/m0/s1. The Morgan fingerprint density at radius 1 is 1.09 bits per heavy atom. The van der Waals surface area contributed by atoms with Crippen molar-refractivity contribution in [3.05, 3.63) is 35.9 Å². The van der Waals surface area contributed by atoms with Crippen LogP contribution in [0.4, 0.5) is 4.79 Å². The Morgan fingerprint density at radius 2 is 1.74 bits per heavy atom. The number of rotatable bonds is 4. The van der Waals surface area contributed by atoms with Crippen LogP contribution in [0.5, 0.6) is 0 Å². The van der Waals surface area contributed by atoms with Crippen molar-refractivity contribution in [2.45, 2.75) is 31.0 Å². The number of carbonyl (C=O) groups is 2. The quantitative estimate of drug-likeness (QED) is 0.532. The summed E-state index contributed by atoms with van der Waals surface area (Å²) >= 11 is 0. The first-order valence-electron chi connectivity index (χ1n) is 7.05. The van der Waals surface area contributed by atoms with E-state index < -0.39 is 42.3 Å². The van der Waals surface area contributed by atoms with Crippen molar-refractivity contribution in [3.8, 4) is 0 Å². The fourth-order valence-electron chi connectivity index (χ4n) is 2.55. The van der Waals surface area contributed by atoms with Crippen molar-refractivity contribution in [2.24, 2.45) is 5.92 Å². The minimum absolute atomic E-state index is 0.00346. The summed E-state index contributed by atoms with van der Waals surface area (Å²) in [6.45, 7) is 0.00346. The van der Waals surface area contributed by atoms with Gasteiger partial charge in [0.15, 0.2) is 0 Å². The molecule has 4 N–H and O–H groups in total. The highest BCUT2D eigenvalue weighted by Gasteiger charge is 2.53. The topological polar surface area (TPSA) is 125 Å². The Labute approximate surface area is 132 Å². The third-order valence-corrected chi connectivity index (χ3v) is 3.79. The number of esters is 1. The van der Waals surface area contributed by atoms with Crippen LogP contribution in [0, 0.1) is 5.92 Å². The zero-order valence-electron chi connectivity index (χ0n) is 12.5. The first kappa shape index (κ1) is 17.2. The van der Waals surface area contributed by atoms with Gasteiger partial charge in [-0.1, -0.05) is 30.3 Å². The van der Waals surface area contributed by atoms with Gasteiger partial charge >= 0.3 is 12.1 Å². The molecule has 23 heavy (non-hydrogen) atoms. The number of alkyl carbamates (subject to hydrolysis) is 1. The highest BCUT2D eigenvalue weighted by atomic mass is 16.5. The maximum absolute atomic E-state index is 11.8. The van der Waals surface area contributed by atoms with Gasteiger partial charge in [0, 0.05) is 0 Å². The van der Waals surface area contributed by atoms with Crippen molar-refractivity contribution in [2.75, 3.05) is 7.11 Å². The maximum atomic E-state index is 11.8. The van der Waals surface area contributed by atoms with Crippen LogP contribution in [0.25, 0.3) is 0 Å². The Kier molecular flexibility index (Phi) is 5.54. The number of aliphatic hydroxyl groups excluding tert-OH is 3. The van der Waals surface area contributed by atoms with Gasteiger partial charge in [-0.25, -0.2) is 4.79 Å². The minimum Gasteiger partial charge on any atom is -0.469 e. The number of carbonyl (C=O) groups excluding carboxylic acids is 2. The van der Waals surface area contributed by atoms with Gasteiger partial charge in [0.2, 0.25) is 0 Å². The van der Waals surface area contributed by atoms with Crippen LogP contribution in [0.3, 0.4) is 0 Å². The Bertz CT molecular complexity index is 550. The molecule has 0 radical (unpaired) electrons. The van der Waals surface area contributed by atoms with Crippen LogP contribution in [0.1, 0.15) is 5.56 Å². The van der Waals surface area contributed by atoms with Crippen LogP contribution in [0.2, 0.25) is 0 Å². The largest absolute Gasteiger partial charge is 0.469 e. The van der Waals surface area contributed by atoms with E-state index >= 15 is 0 Å². The fourth-order valence-corrected chi connectivity index (χ4v) is 2.55. The molecule has 8 heteroatoms. The average Bonchev–Trinajstić information content (AvgIpc) is 2.77. The SMILES string of the molecule is COC(=O)[C@@H]1[C@@H](O)[C@H](O)[C@H](O)[C@H]1NC(=O)OCc1ccccc1. The number of aliphatic hydroxyl groups is 3. The van der Waals surface area contributed by atoms with Crippen molar-refractivity contribution < 1.29 is 34.4 Å². The molecule has 1 saturated carbocycles. The number of amides is 1. The predicted molar refractivity (Wildman–Crippen MR) is 77.1 cm³/mol. The van der Waals surface area contributed by atoms with Crippen LogP contribution < -0.4 is 5.32 Å². The van der Waals surface area contributed by atoms with E-state index in [9.17, 15) is 24.9 Å². The predicted octanol–water partition coefficient (Wildman–Crippen LogP) is -0.833. The van der Waals surface area contributed by atoms with Crippen LogP contribution in [0.15, 0.2) is 30.3 Å². The molecule has 1 amide bonds. The van der Waals surface area contributed by atoms with Crippen molar-refractivity contribution in [1.29, 1.82) is 0 Å². The molecule has 0 aliphatic heterocycles. The molecule has 5 atom stereocenters. The van der Waals surface area contributed by atoms with Crippen molar-refractivity contribution >= 4 is 12.1 Å². The van der Waals surface area contributed by atoms with Gasteiger partial charge in [-0.15, -0.1) is 0 Å². The molecule has 0 unspecified atom stereocenters. The molecular weight excluding hydrogens is 306 g/mol. The summed E-state index contributed by atoms with van der Waals surface area (Å²) in [7, 11) is 1.11. The van der Waals surface area contributed by atoms with E-state index in [0.29, 0.717) is 0 Å². The lowest BCUT2D eigenvalue weighted by atomic mass is 10.0. The number of ether oxygens (including phenoxy) is 2. The molecule has 1 aliphatic carbocycles. The molecule has 2 rings (SSSR count). The summed E-state index contributed by atoms with van der Waals surface area (Å²) in [4.78, 5) is 23.5. The lowest BCUT2D eigenvalue weighted by molar-refractivity contribution is -0.150. The Balaban J connectivity index is 1.98. The van der Waals surface area contributed by atoms with Gasteiger partial charge < -0.3 is 30.1 Å². The molecule has 1 aromatic carbocycles. The van der Waals surface area contributed by atoms with Crippen molar-refractivity contribution in [3.63, 3.8) is 0 Å². The highest BCUT2D eigenvalue weighted by molar-refractivity contribution is 5.77. The van der Waals surface area contributed by atoms with Gasteiger partial charge in [-0.2, -0.15) is 0 Å². The zero-order valence-corrected chi connectivity index (χ0v) is 12.5. The maximum Gasteiger partial charge on any atom is 0.407 e. The summed E-state index contributed by atoms with van der Waals surface area (Å²) in [6, 6.07) is 7.72. The second kappa shape index (κ2) is 7.40. The first-order chi connectivity index (χ1) is 11.0. The molecule has 0 spiro atoms. The number of benzene rings is 1. The molecule has 0 saturated heterocycles. The second-order valence-electron chi connectivity index (χ2n) is 5.25. The van der Waals surface area contributed by atoms with E-state index in [1.165, 1.54) is 0 Å². The molecule has 126 valence electrons. The summed E-state index contributed by atoms with van der Waals surface area (Å²) in [5.41, 5.74) is 0.763. The van der Waals surface area contributed by atoms with Gasteiger partial charge in [0.25, 0.3) is 0 Å². The number of hydrogen-bond acceptors (Lipinski definition) is 7. The van der Waals surface area contributed by atoms with E-state index in [4.69, 9.17) is 4.74 Å². The number of nitrogens with one attached hydrogen (secondary N) is 1.